The Morgan fingerprint density at radius 2 is 1.88 bits per heavy atom. The van der Waals surface area contributed by atoms with E-state index in [0.29, 0.717) is 12.2 Å². The fraction of sp³-hybridized carbons (Fsp3) is 0.278. The third-order valence-electron chi connectivity index (χ3n) is 4.08. The van der Waals surface area contributed by atoms with E-state index in [-0.39, 0.29) is 6.04 Å². The highest BCUT2D eigenvalue weighted by molar-refractivity contribution is 7.88. The Kier molecular flexibility index (Phi) is 4.32. The first kappa shape index (κ1) is 16.5. The lowest BCUT2D eigenvalue weighted by atomic mass is 9.98. The van der Waals surface area contributed by atoms with E-state index in [9.17, 15) is 8.42 Å². The summed E-state index contributed by atoms with van der Waals surface area (Å²) in [7, 11) is -1.87. The van der Waals surface area contributed by atoms with E-state index in [1.807, 2.05) is 55.5 Å². The molecule has 1 heterocycles. The Hall–Kier alpha value is -2.34. The zero-order valence-electron chi connectivity index (χ0n) is 13.9. The second-order valence-corrected chi connectivity index (χ2v) is 7.78. The van der Waals surface area contributed by atoms with E-state index in [2.05, 4.69) is 5.10 Å². The van der Waals surface area contributed by atoms with Crippen LogP contribution in [0.25, 0.3) is 0 Å². The topological polar surface area (TPSA) is 59.0 Å². The van der Waals surface area contributed by atoms with E-state index in [1.165, 1.54) is 10.7 Å². The number of hydrogen-bond acceptors (Lipinski definition) is 4. The fourth-order valence-corrected chi connectivity index (χ4v) is 3.72. The van der Waals surface area contributed by atoms with Crippen LogP contribution in [0.1, 0.15) is 29.2 Å². The van der Waals surface area contributed by atoms with Crippen molar-refractivity contribution >= 4 is 15.7 Å². The predicted octanol–water partition coefficient (Wildman–Crippen LogP) is 3.11. The van der Waals surface area contributed by atoms with Crippen LogP contribution in [0.15, 0.2) is 53.6 Å². The van der Waals surface area contributed by atoms with E-state index >= 15 is 0 Å². The summed E-state index contributed by atoms with van der Waals surface area (Å²) in [4.78, 5) is 0. The Balaban J connectivity index is 2.00. The first-order valence-corrected chi connectivity index (χ1v) is 9.51. The van der Waals surface area contributed by atoms with Crippen molar-refractivity contribution in [3.05, 3.63) is 65.2 Å². The molecule has 1 atom stereocenters. The molecule has 0 aromatic heterocycles. The molecule has 0 saturated heterocycles. The van der Waals surface area contributed by atoms with Crippen molar-refractivity contribution in [3.8, 4) is 5.75 Å². The van der Waals surface area contributed by atoms with Crippen molar-refractivity contribution in [1.29, 1.82) is 0 Å². The SMILES string of the molecule is COc1cccc([C@H]2CC(c3ccc(C)cc3)=NN2S(C)(=O)=O)c1. The zero-order chi connectivity index (χ0) is 17.3. The van der Waals surface area contributed by atoms with Gasteiger partial charge in [-0.2, -0.15) is 9.52 Å². The monoisotopic (exact) mass is 344 g/mol. The molecular weight excluding hydrogens is 324 g/mol. The Bertz CT molecular complexity index is 873. The van der Waals surface area contributed by atoms with Crippen molar-refractivity contribution in [2.24, 2.45) is 5.10 Å². The molecule has 1 aliphatic rings. The van der Waals surface area contributed by atoms with Crippen molar-refractivity contribution in [1.82, 2.24) is 4.41 Å². The lowest BCUT2D eigenvalue weighted by molar-refractivity contribution is 0.371. The summed E-state index contributed by atoms with van der Waals surface area (Å²) in [5.74, 6) is 0.699. The van der Waals surface area contributed by atoms with Crippen molar-refractivity contribution < 1.29 is 13.2 Å². The maximum atomic E-state index is 12.2. The van der Waals surface area contributed by atoms with Crippen LogP contribution in [0.4, 0.5) is 0 Å². The van der Waals surface area contributed by atoms with E-state index < -0.39 is 10.0 Å². The Labute approximate surface area is 142 Å². The second kappa shape index (κ2) is 6.28. The molecule has 3 rings (SSSR count). The van der Waals surface area contributed by atoms with Crippen LogP contribution in [0.3, 0.4) is 0 Å². The van der Waals surface area contributed by atoms with Gasteiger partial charge in [0, 0.05) is 6.42 Å². The lowest BCUT2D eigenvalue weighted by Crippen LogP contribution is -2.25. The number of hydrogen-bond donors (Lipinski definition) is 0. The number of benzene rings is 2. The van der Waals surface area contributed by atoms with E-state index in [0.717, 1.165) is 22.4 Å². The molecule has 0 aliphatic carbocycles. The van der Waals surface area contributed by atoms with Gasteiger partial charge in [-0.25, -0.2) is 8.42 Å². The molecule has 0 N–H and O–H groups in total. The number of nitrogens with zero attached hydrogens (tertiary/aromatic N) is 2. The van der Waals surface area contributed by atoms with Crippen LogP contribution >= 0.6 is 0 Å². The smallest absolute Gasteiger partial charge is 0.247 e. The van der Waals surface area contributed by atoms with Gasteiger partial charge in [0.2, 0.25) is 10.0 Å². The number of methoxy groups -OCH3 is 1. The second-order valence-electron chi connectivity index (χ2n) is 5.94. The summed E-state index contributed by atoms with van der Waals surface area (Å²) in [5.41, 5.74) is 3.74. The Morgan fingerprint density at radius 1 is 1.17 bits per heavy atom. The molecule has 1 aliphatic heterocycles. The van der Waals surface area contributed by atoms with Gasteiger partial charge in [-0.15, -0.1) is 0 Å². The lowest BCUT2D eigenvalue weighted by Gasteiger charge is -2.21. The summed E-state index contributed by atoms with van der Waals surface area (Å²) in [6, 6.07) is 15.1. The molecular formula is C18H20N2O3S. The van der Waals surface area contributed by atoms with Gasteiger partial charge in [-0.05, 0) is 30.2 Å². The van der Waals surface area contributed by atoms with Crippen molar-refractivity contribution in [2.45, 2.75) is 19.4 Å². The molecule has 2 aromatic rings. The van der Waals surface area contributed by atoms with Gasteiger partial charge >= 0.3 is 0 Å². The first-order chi connectivity index (χ1) is 11.4. The molecule has 0 bridgehead atoms. The minimum absolute atomic E-state index is 0.355. The molecule has 0 unspecified atom stereocenters. The molecule has 0 radical (unpaired) electrons. The van der Waals surface area contributed by atoms with Gasteiger partial charge in [0.25, 0.3) is 0 Å². The molecule has 24 heavy (non-hydrogen) atoms. The van der Waals surface area contributed by atoms with Crippen LogP contribution in [-0.2, 0) is 10.0 Å². The molecule has 5 nitrogen and oxygen atoms in total. The average Bonchev–Trinajstić information content (AvgIpc) is 3.01. The third kappa shape index (κ3) is 3.28. The maximum absolute atomic E-state index is 12.2. The van der Waals surface area contributed by atoms with Gasteiger partial charge in [0.15, 0.2) is 0 Å². The molecule has 0 fully saturated rings. The normalized spacial score (nSPS) is 17.7. The van der Waals surface area contributed by atoms with Gasteiger partial charge in [-0.1, -0.05) is 42.0 Å². The molecule has 0 saturated carbocycles. The summed E-state index contributed by atoms with van der Waals surface area (Å²) < 4.78 is 30.8. The number of sulfonamides is 1. The predicted molar refractivity (Wildman–Crippen MR) is 94.8 cm³/mol. The van der Waals surface area contributed by atoms with Gasteiger partial charge < -0.3 is 4.74 Å². The molecule has 126 valence electrons. The first-order valence-electron chi connectivity index (χ1n) is 7.66. The average molecular weight is 344 g/mol. The number of ether oxygens (including phenoxy) is 1. The summed E-state index contributed by atoms with van der Waals surface area (Å²) in [5, 5.41) is 4.39. The summed E-state index contributed by atoms with van der Waals surface area (Å²) in [6.07, 6.45) is 1.71. The Morgan fingerprint density at radius 3 is 2.50 bits per heavy atom. The van der Waals surface area contributed by atoms with Crippen LogP contribution in [0.5, 0.6) is 5.75 Å². The quantitative estimate of drug-likeness (QED) is 0.856. The van der Waals surface area contributed by atoms with Gasteiger partial charge in [0.1, 0.15) is 5.75 Å². The minimum atomic E-state index is -3.46. The standard InChI is InChI=1S/C18H20N2O3S/c1-13-7-9-14(10-8-13)17-12-18(20(19-17)24(3,21)22)15-5-4-6-16(11-15)23-2/h4-11,18H,12H2,1-3H3/t18-/m1/s1. The van der Waals surface area contributed by atoms with Gasteiger partial charge in [0.05, 0.1) is 25.1 Å². The van der Waals surface area contributed by atoms with Crippen LogP contribution < -0.4 is 4.74 Å². The molecule has 0 spiro atoms. The largest absolute Gasteiger partial charge is 0.497 e. The molecule has 2 aromatic carbocycles. The van der Waals surface area contributed by atoms with Crippen molar-refractivity contribution in [2.75, 3.05) is 13.4 Å². The number of rotatable bonds is 4. The molecule has 0 amide bonds. The van der Waals surface area contributed by atoms with Gasteiger partial charge in [-0.3, -0.25) is 0 Å². The third-order valence-corrected chi connectivity index (χ3v) is 5.09. The summed E-state index contributed by atoms with van der Waals surface area (Å²) >= 11 is 0. The summed E-state index contributed by atoms with van der Waals surface area (Å²) in [6.45, 7) is 2.02. The molecule has 6 heteroatoms. The van der Waals surface area contributed by atoms with Crippen LogP contribution in [-0.4, -0.2) is 31.9 Å². The minimum Gasteiger partial charge on any atom is -0.497 e. The highest BCUT2D eigenvalue weighted by atomic mass is 32.2. The number of aryl methyl sites for hydroxylation is 1. The van der Waals surface area contributed by atoms with Crippen molar-refractivity contribution in [3.63, 3.8) is 0 Å². The highest BCUT2D eigenvalue weighted by Gasteiger charge is 2.34. The highest BCUT2D eigenvalue weighted by Crippen LogP contribution is 2.35. The van der Waals surface area contributed by atoms with E-state index in [4.69, 9.17) is 4.74 Å². The fourth-order valence-electron chi connectivity index (χ4n) is 2.81. The van der Waals surface area contributed by atoms with Crippen LogP contribution in [0, 0.1) is 6.92 Å². The van der Waals surface area contributed by atoms with E-state index in [1.54, 1.807) is 7.11 Å². The number of hydrazone groups is 1. The van der Waals surface area contributed by atoms with Crippen LogP contribution in [0.2, 0.25) is 0 Å². The zero-order valence-corrected chi connectivity index (χ0v) is 14.7. The maximum Gasteiger partial charge on any atom is 0.247 e.